The summed E-state index contributed by atoms with van der Waals surface area (Å²) in [6.45, 7) is 2.06. The zero-order chi connectivity index (χ0) is 13.6. The van der Waals surface area contributed by atoms with E-state index in [1.54, 1.807) is 0 Å². The van der Waals surface area contributed by atoms with Gasteiger partial charge in [-0.05, 0) is 56.5 Å². The van der Waals surface area contributed by atoms with Crippen molar-refractivity contribution in [2.24, 2.45) is 0 Å². The zero-order valence-electron chi connectivity index (χ0n) is 9.99. The molecule has 0 saturated carbocycles. The Bertz CT molecular complexity index is 760. The first-order valence-electron chi connectivity index (χ1n) is 5.65. The minimum atomic E-state index is 0.929. The summed E-state index contributed by atoms with van der Waals surface area (Å²) in [5.74, 6) is 0. The molecule has 0 aliphatic heterocycles. The summed E-state index contributed by atoms with van der Waals surface area (Å²) in [6.07, 6.45) is 4.07. The quantitative estimate of drug-likeness (QED) is 0.477. The van der Waals surface area contributed by atoms with Gasteiger partial charge in [-0.15, -0.1) is 0 Å². The number of halogens is 3. The highest BCUT2D eigenvalue weighted by Crippen LogP contribution is 2.30. The van der Waals surface area contributed by atoms with Crippen LogP contribution in [0.2, 0.25) is 0 Å². The van der Waals surface area contributed by atoms with E-state index in [2.05, 4.69) is 66.8 Å². The lowest BCUT2D eigenvalue weighted by atomic mass is 10.2. The molecule has 1 aromatic carbocycles. The SMILES string of the molecule is Cc1c(Br)cn2cc(-c3ccc(Br)cc3)nc2c1Br. The van der Waals surface area contributed by atoms with Gasteiger partial charge in [-0.1, -0.05) is 28.1 Å². The number of nitrogens with zero attached hydrogens (tertiary/aromatic N) is 2. The lowest BCUT2D eigenvalue weighted by Gasteiger charge is -2.03. The normalized spacial score (nSPS) is 11.2. The van der Waals surface area contributed by atoms with Crippen molar-refractivity contribution in [3.63, 3.8) is 0 Å². The number of fused-ring (bicyclic) bond motifs is 1. The molecule has 2 heterocycles. The van der Waals surface area contributed by atoms with Gasteiger partial charge in [-0.2, -0.15) is 0 Å². The molecule has 0 spiro atoms. The van der Waals surface area contributed by atoms with Crippen LogP contribution >= 0.6 is 47.8 Å². The number of pyridine rings is 1. The third-order valence-corrected chi connectivity index (χ3v) is 5.29. The Morgan fingerprint density at radius 2 is 1.68 bits per heavy atom. The highest BCUT2D eigenvalue weighted by molar-refractivity contribution is 9.11. The molecule has 0 aliphatic carbocycles. The Morgan fingerprint density at radius 1 is 1.00 bits per heavy atom. The summed E-state index contributed by atoms with van der Waals surface area (Å²) < 4.78 is 5.18. The van der Waals surface area contributed by atoms with Crippen LogP contribution in [0.4, 0.5) is 0 Å². The fourth-order valence-corrected chi connectivity index (χ4v) is 3.36. The molecule has 19 heavy (non-hydrogen) atoms. The largest absolute Gasteiger partial charge is 0.304 e. The van der Waals surface area contributed by atoms with Gasteiger partial charge < -0.3 is 4.40 Å². The predicted molar refractivity (Wildman–Crippen MR) is 88.5 cm³/mol. The van der Waals surface area contributed by atoms with Gasteiger partial charge >= 0.3 is 0 Å². The lowest BCUT2D eigenvalue weighted by Crippen LogP contribution is -1.88. The lowest BCUT2D eigenvalue weighted by molar-refractivity contribution is 1.14. The van der Waals surface area contributed by atoms with E-state index >= 15 is 0 Å². The third kappa shape index (κ3) is 2.39. The van der Waals surface area contributed by atoms with E-state index in [1.165, 1.54) is 0 Å². The second-order valence-electron chi connectivity index (χ2n) is 4.28. The van der Waals surface area contributed by atoms with Crippen LogP contribution < -0.4 is 0 Å². The van der Waals surface area contributed by atoms with E-state index < -0.39 is 0 Å². The first kappa shape index (κ1) is 13.3. The van der Waals surface area contributed by atoms with Crippen LogP contribution in [0.5, 0.6) is 0 Å². The van der Waals surface area contributed by atoms with Crippen molar-refractivity contribution in [3.05, 3.63) is 55.6 Å². The molecule has 0 unspecified atom stereocenters. The van der Waals surface area contributed by atoms with Crippen molar-refractivity contribution >= 4 is 53.4 Å². The van der Waals surface area contributed by atoms with Gasteiger partial charge in [0.25, 0.3) is 0 Å². The maximum Gasteiger partial charge on any atom is 0.152 e. The summed E-state index contributed by atoms with van der Waals surface area (Å²) in [4.78, 5) is 4.69. The van der Waals surface area contributed by atoms with Gasteiger partial charge in [-0.25, -0.2) is 4.98 Å². The molecule has 0 amide bonds. The van der Waals surface area contributed by atoms with Crippen molar-refractivity contribution in [2.45, 2.75) is 6.92 Å². The first-order valence-corrected chi connectivity index (χ1v) is 8.03. The first-order chi connectivity index (χ1) is 9.06. The van der Waals surface area contributed by atoms with Crippen molar-refractivity contribution in [3.8, 4) is 11.3 Å². The number of hydrogen-bond acceptors (Lipinski definition) is 1. The fraction of sp³-hybridized carbons (Fsp3) is 0.0714. The van der Waals surface area contributed by atoms with Crippen LogP contribution in [0, 0.1) is 6.92 Å². The second kappa shape index (κ2) is 5.04. The van der Waals surface area contributed by atoms with Crippen LogP contribution in [0.1, 0.15) is 5.56 Å². The van der Waals surface area contributed by atoms with Gasteiger partial charge in [-0.3, -0.25) is 0 Å². The summed E-state index contributed by atoms with van der Waals surface area (Å²) in [6, 6.07) is 8.16. The van der Waals surface area contributed by atoms with Crippen LogP contribution in [-0.2, 0) is 0 Å². The topological polar surface area (TPSA) is 17.3 Å². The number of benzene rings is 1. The number of imidazole rings is 1. The fourth-order valence-electron chi connectivity index (χ4n) is 1.91. The Labute approximate surface area is 136 Å². The molecule has 5 heteroatoms. The zero-order valence-corrected chi connectivity index (χ0v) is 14.8. The predicted octanol–water partition coefficient (Wildman–Crippen LogP) is 5.60. The minimum absolute atomic E-state index is 0.929. The van der Waals surface area contributed by atoms with Crippen LogP contribution in [-0.4, -0.2) is 9.38 Å². The van der Waals surface area contributed by atoms with Crippen LogP contribution in [0.15, 0.2) is 50.1 Å². The number of rotatable bonds is 1. The molecule has 2 nitrogen and oxygen atoms in total. The maximum atomic E-state index is 4.69. The minimum Gasteiger partial charge on any atom is -0.304 e. The Morgan fingerprint density at radius 3 is 2.37 bits per heavy atom. The molecule has 3 rings (SSSR count). The molecular weight excluding hydrogens is 436 g/mol. The summed E-state index contributed by atoms with van der Waals surface area (Å²) >= 11 is 10.6. The van der Waals surface area contributed by atoms with Gasteiger partial charge in [0, 0.05) is 26.9 Å². The van der Waals surface area contributed by atoms with Crippen molar-refractivity contribution < 1.29 is 0 Å². The highest BCUT2D eigenvalue weighted by Gasteiger charge is 2.11. The molecule has 3 aromatic rings. The van der Waals surface area contributed by atoms with E-state index in [9.17, 15) is 0 Å². The highest BCUT2D eigenvalue weighted by atomic mass is 79.9. The van der Waals surface area contributed by atoms with E-state index in [4.69, 9.17) is 4.98 Å². The summed E-state index contributed by atoms with van der Waals surface area (Å²) in [7, 11) is 0. The van der Waals surface area contributed by atoms with E-state index in [1.807, 2.05) is 28.9 Å². The molecule has 0 aliphatic rings. The molecule has 0 saturated heterocycles. The van der Waals surface area contributed by atoms with E-state index in [0.29, 0.717) is 0 Å². The molecule has 0 bridgehead atoms. The van der Waals surface area contributed by atoms with E-state index in [-0.39, 0.29) is 0 Å². The molecule has 0 radical (unpaired) electrons. The molecule has 0 fully saturated rings. The monoisotopic (exact) mass is 442 g/mol. The molecule has 96 valence electrons. The summed E-state index contributed by atoms with van der Waals surface area (Å²) in [5.41, 5.74) is 4.15. The third-order valence-electron chi connectivity index (χ3n) is 3.01. The van der Waals surface area contributed by atoms with Crippen LogP contribution in [0.3, 0.4) is 0 Å². The average Bonchev–Trinajstić information content (AvgIpc) is 2.81. The van der Waals surface area contributed by atoms with Crippen molar-refractivity contribution in [1.82, 2.24) is 9.38 Å². The number of hydrogen-bond donors (Lipinski definition) is 0. The van der Waals surface area contributed by atoms with Crippen LogP contribution in [0.25, 0.3) is 16.9 Å². The summed E-state index contributed by atoms with van der Waals surface area (Å²) in [5, 5.41) is 0. The molecular formula is C14H9Br3N2. The second-order valence-corrected chi connectivity index (χ2v) is 6.84. The Hall–Kier alpha value is -0.650. The number of aromatic nitrogens is 2. The Kier molecular flexibility index (Phi) is 3.53. The smallest absolute Gasteiger partial charge is 0.152 e. The maximum absolute atomic E-state index is 4.69. The standard InChI is InChI=1S/C14H9Br3N2/c1-8-11(16)6-19-7-12(18-14(19)13(8)17)9-2-4-10(15)5-3-9/h2-7H,1H3. The molecule has 0 atom stereocenters. The van der Waals surface area contributed by atoms with Gasteiger partial charge in [0.1, 0.15) is 0 Å². The van der Waals surface area contributed by atoms with Crippen molar-refractivity contribution in [2.75, 3.05) is 0 Å². The van der Waals surface area contributed by atoms with Gasteiger partial charge in [0.05, 0.1) is 10.2 Å². The van der Waals surface area contributed by atoms with Gasteiger partial charge in [0.2, 0.25) is 0 Å². The van der Waals surface area contributed by atoms with Gasteiger partial charge in [0.15, 0.2) is 5.65 Å². The van der Waals surface area contributed by atoms with Crippen molar-refractivity contribution in [1.29, 1.82) is 0 Å². The molecule has 0 N–H and O–H groups in total. The average molecular weight is 445 g/mol. The van der Waals surface area contributed by atoms with E-state index in [0.717, 1.165) is 35.9 Å². The Balaban J connectivity index is 2.22. The molecule has 2 aromatic heterocycles.